The number of rotatable bonds is 7. The molecule has 260 valence electrons. The molecule has 0 atom stereocenters. The average Bonchev–Trinajstić information content (AvgIpc) is 3.53. The van der Waals surface area contributed by atoms with Gasteiger partial charge in [0.05, 0.1) is 22.4 Å². The van der Waals surface area contributed by atoms with Gasteiger partial charge in [0.2, 0.25) is 0 Å². The normalized spacial score (nSPS) is 11.3. The molecule has 4 heteroatoms. The Balaban J connectivity index is 1.21. The van der Waals surface area contributed by atoms with E-state index in [1.165, 1.54) is 32.9 Å². The van der Waals surface area contributed by atoms with Crippen LogP contribution in [0.5, 0.6) is 0 Å². The fraction of sp³-hybridized carbons (Fsp3) is 0.0800. The molecule has 0 radical (unpaired) electrons. The van der Waals surface area contributed by atoms with Crippen LogP contribution in [0.3, 0.4) is 0 Å². The van der Waals surface area contributed by atoms with Crippen LogP contribution in [0, 0.1) is 27.7 Å². The Bertz CT molecular complexity index is 2710. The second-order valence-corrected chi connectivity index (χ2v) is 14.1. The lowest BCUT2D eigenvalue weighted by Crippen LogP contribution is -2.09. The number of aromatic nitrogens is 3. The molecule has 0 aliphatic heterocycles. The summed E-state index contributed by atoms with van der Waals surface area (Å²) in [7, 11) is 0. The van der Waals surface area contributed by atoms with E-state index < -0.39 is 0 Å². The third-order valence-corrected chi connectivity index (χ3v) is 10.5. The molecule has 9 aromatic rings. The Morgan fingerprint density at radius 1 is 0.389 bits per heavy atom. The Labute approximate surface area is 316 Å². The lowest BCUT2D eigenvalue weighted by molar-refractivity contribution is 1.13. The number of nitrogens with zero attached hydrogens (tertiary/aromatic N) is 4. The van der Waals surface area contributed by atoms with Gasteiger partial charge in [-0.25, -0.2) is 9.97 Å². The molecule has 0 saturated heterocycles. The Morgan fingerprint density at radius 2 is 0.944 bits per heavy atom. The van der Waals surface area contributed by atoms with Crippen molar-refractivity contribution in [1.29, 1.82) is 0 Å². The van der Waals surface area contributed by atoms with Gasteiger partial charge in [-0.05, 0) is 117 Å². The largest absolute Gasteiger partial charge is 0.310 e. The lowest BCUT2D eigenvalue weighted by atomic mass is 9.98. The lowest BCUT2D eigenvalue weighted by Gasteiger charge is -2.25. The number of fused-ring (bicyclic) bond motifs is 3. The molecule has 0 N–H and O–H groups in total. The van der Waals surface area contributed by atoms with Gasteiger partial charge in [0, 0.05) is 50.2 Å². The molecule has 0 saturated carbocycles. The molecule has 0 amide bonds. The summed E-state index contributed by atoms with van der Waals surface area (Å²) in [6.45, 7) is 8.68. The summed E-state index contributed by atoms with van der Waals surface area (Å²) in [4.78, 5) is 12.7. The quantitative estimate of drug-likeness (QED) is 0.166. The summed E-state index contributed by atoms with van der Waals surface area (Å²) >= 11 is 0. The molecule has 2 heterocycles. The van der Waals surface area contributed by atoms with Crippen molar-refractivity contribution < 1.29 is 0 Å². The van der Waals surface area contributed by atoms with Gasteiger partial charge in [-0.3, -0.25) is 0 Å². The third kappa shape index (κ3) is 5.82. The van der Waals surface area contributed by atoms with Gasteiger partial charge in [0.15, 0.2) is 5.82 Å². The average molecular weight is 697 g/mol. The number of anilines is 3. The maximum atomic E-state index is 5.24. The SMILES string of the molecule is Cc1ccccc1-c1cc(-c2cc(C)c(-n3c4ccccc4c4cc(N(c5ccccc5)c5ccccc5)ccc43)cc2C)nc(-c2ccccc2C)n1. The van der Waals surface area contributed by atoms with E-state index in [9.17, 15) is 0 Å². The van der Waals surface area contributed by atoms with Crippen LogP contribution in [0.4, 0.5) is 17.1 Å². The van der Waals surface area contributed by atoms with Crippen LogP contribution in [-0.4, -0.2) is 14.5 Å². The van der Waals surface area contributed by atoms with Crippen molar-refractivity contribution in [2.45, 2.75) is 27.7 Å². The summed E-state index contributed by atoms with van der Waals surface area (Å²) in [5, 5.41) is 2.43. The van der Waals surface area contributed by atoms with E-state index in [0.717, 1.165) is 67.8 Å². The van der Waals surface area contributed by atoms with Crippen LogP contribution in [0.15, 0.2) is 170 Å². The monoisotopic (exact) mass is 696 g/mol. The van der Waals surface area contributed by atoms with Gasteiger partial charge in [-0.2, -0.15) is 0 Å². The smallest absolute Gasteiger partial charge is 0.160 e. The molecule has 0 fully saturated rings. The molecule has 0 aliphatic carbocycles. The second kappa shape index (κ2) is 13.6. The standard InChI is InChI=1S/C50H40N4/c1-33-17-11-13-23-40(33)45-32-46(52-50(51-45)41-24-14-12-18-34(41)2)43-29-36(4)49(30-35(43)3)54-47-26-16-15-25-42(47)44-31-39(27-28-48(44)54)53(37-19-7-5-8-20-37)38-21-9-6-10-22-38/h5-32H,1-4H3. The minimum atomic E-state index is 0.739. The van der Waals surface area contributed by atoms with Crippen LogP contribution >= 0.6 is 0 Å². The molecule has 54 heavy (non-hydrogen) atoms. The molecule has 4 nitrogen and oxygen atoms in total. The van der Waals surface area contributed by atoms with Crippen LogP contribution in [0.2, 0.25) is 0 Å². The van der Waals surface area contributed by atoms with Crippen molar-refractivity contribution in [3.8, 4) is 39.6 Å². The van der Waals surface area contributed by atoms with E-state index in [0.29, 0.717) is 0 Å². The van der Waals surface area contributed by atoms with Crippen LogP contribution in [-0.2, 0) is 0 Å². The Hall–Kier alpha value is -6.78. The van der Waals surface area contributed by atoms with Gasteiger partial charge in [-0.1, -0.05) is 103 Å². The van der Waals surface area contributed by atoms with E-state index in [1.807, 2.05) is 0 Å². The maximum absolute atomic E-state index is 5.24. The Morgan fingerprint density at radius 3 is 1.61 bits per heavy atom. The first kappa shape index (κ1) is 33.1. The van der Waals surface area contributed by atoms with E-state index in [1.54, 1.807) is 0 Å². The topological polar surface area (TPSA) is 34.0 Å². The van der Waals surface area contributed by atoms with Gasteiger partial charge in [0.1, 0.15) is 0 Å². The van der Waals surface area contributed by atoms with Crippen molar-refractivity contribution in [3.05, 3.63) is 192 Å². The van der Waals surface area contributed by atoms with Crippen molar-refractivity contribution >= 4 is 38.9 Å². The predicted octanol–water partition coefficient (Wildman–Crippen LogP) is 13.3. The summed E-state index contributed by atoms with van der Waals surface area (Å²) < 4.78 is 2.42. The molecule has 0 unspecified atom stereocenters. The molecular formula is C50H40N4. The maximum Gasteiger partial charge on any atom is 0.160 e. The molecular weight excluding hydrogens is 657 g/mol. The molecule has 9 rings (SSSR count). The number of hydrogen-bond acceptors (Lipinski definition) is 3. The highest BCUT2D eigenvalue weighted by molar-refractivity contribution is 6.11. The zero-order valence-corrected chi connectivity index (χ0v) is 31.0. The highest BCUT2D eigenvalue weighted by atomic mass is 15.1. The third-order valence-electron chi connectivity index (χ3n) is 10.5. The summed E-state index contributed by atoms with van der Waals surface area (Å²) in [5.74, 6) is 0.739. The number of hydrogen-bond donors (Lipinski definition) is 0. The molecule has 0 spiro atoms. The van der Waals surface area contributed by atoms with Gasteiger partial charge in [0.25, 0.3) is 0 Å². The Kier molecular flexibility index (Phi) is 8.36. The second-order valence-electron chi connectivity index (χ2n) is 14.1. The predicted molar refractivity (Wildman–Crippen MR) is 226 cm³/mol. The number of benzene rings is 7. The number of para-hydroxylation sites is 3. The van der Waals surface area contributed by atoms with Crippen molar-refractivity contribution in [2.75, 3.05) is 4.90 Å². The van der Waals surface area contributed by atoms with Crippen molar-refractivity contribution in [2.24, 2.45) is 0 Å². The highest BCUT2D eigenvalue weighted by Crippen LogP contribution is 2.41. The summed E-state index contributed by atoms with van der Waals surface area (Å²) in [6, 6.07) is 60.4. The van der Waals surface area contributed by atoms with E-state index in [4.69, 9.17) is 9.97 Å². The molecule has 0 bridgehead atoms. The van der Waals surface area contributed by atoms with Crippen LogP contribution in [0.25, 0.3) is 61.4 Å². The minimum Gasteiger partial charge on any atom is -0.310 e. The fourth-order valence-electron chi connectivity index (χ4n) is 7.81. The zero-order chi connectivity index (χ0) is 36.8. The first-order valence-corrected chi connectivity index (χ1v) is 18.5. The fourth-order valence-corrected chi connectivity index (χ4v) is 7.81. The minimum absolute atomic E-state index is 0.739. The first-order chi connectivity index (χ1) is 26.4. The summed E-state index contributed by atoms with van der Waals surface area (Å²) in [5.41, 5.74) is 16.6. The van der Waals surface area contributed by atoms with Gasteiger partial charge < -0.3 is 9.47 Å². The zero-order valence-electron chi connectivity index (χ0n) is 31.0. The van der Waals surface area contributed by atoms with Gasteiger partial charge >= 0.3 is 0 Å². The van der Waals surface area contributed by atoms with Gasteiger partial charge in [-0.15, -0.1) is 0 Å². The molecule has 0 aliphatic rings. The van der Waals surface area contributed by atoms with E-state index in [-0.39, 0.29) is 0 Å². The number of aryl methyl sites for hydroxylation is 4. The highest BCUT2D eigenvalue weighted by Gasteiger charge is 2.20. The molecule has 2 aromatic heterocycles. The van der Waals surface area contributed by atoms with Crippen LogP contribution in [0.1, 0.15) is 22.3 Å². The first-order valence-electron chi connectivity index (χ1n) is 18.5. The van der Waals surface area contributed by atoms with Crippen LogP contribution < -0.4 is 4.90 Å². The summed E-state index contributed by atoms with van der Waals surface area (Å²) in [6.07, 6.45) is 0. The van der Waals surface area contributed by atoms with E-state index in [2.05, 4.69) is 207 Å². The molecule has 7 aromatic carbocycles. The van der Waals surface area contributed by atoms with Crippen molar-refractivity contribution in [3.63, 3.8) is 0 Å². The van der Waals surface area contributed by atoms with Crippen molar-refractivity contribution in [1.82, 2.24) is 14.5 Å². The van der Waals surface area contributed by atoms with E-state index >= 15 is 0 Å².